The van der Waals surface area contributed by atoms with Crippen molar-refractivity contribution >= 4 is 21.8 Å². The molecule has 3 rings (SSSR count). The zero-order chi connectivity index (χ0) is 22.1. The maximum Gasteiger partial charge on any atom is 0.242 e. The van der Waals surface area contributed by atoms with Crippen LogP contribution < -0.4 is 14.8 Å². The molecule has 2 fully saturated rings. The third kappa shape index (κ3) is 5.27. The molecule has 11 heteroatoms. The van der Waals surface area contributed by atoms with E-state index in [4.69, 9.17) is 4.74 Å². The quantitative estimate of drug-likeness (QED) is 0.599. The van der Waals surface area contributed by atoms with E-state index in [1.54, 1.807) is 17.0 Å². The summed E-state index contributed by atoms with van der Waals surface area (Å²) in [5.41, 5.74) is 0.411. The van der Waals surface area contributed by atoms with Gasteiger partial charge < -0.3 is 15.0 Å². The molecular formula is C19H27FN4O5S. The van der Waals surface area contributed by atoms with E-state index in [9.17, 15) is 22.4 Å². The fourth-order valence-electron chi connectivity index (χ4n) is 4.13. The van der Waals surface area contributed by atoms with E-state index >= 15 is 0 Å². The molecular weight excluding hydrogens is 415 g/mol. The Morgan fingerprint density at radius 1 is 1.33 bits per heavy atom. The fourth-order valence-corrected chi connectivity index (χ4v) is 4.90. The number of sulfonamides is 1. The number of amides is 2. The van der Waals surface area contributed by atoms with Gasteiger partial charge >= 0.3 is 0 Å². The number of nitrogens with one attached hydrogen (secondary N) is 2. The van der Waals surface area contributed by atoms with Gasteiger partial charge in [-0.3, -0.25) is 14.5 Å². The number of fused-ring (bicyclic) bond motifs is 1. The van der Waals surface area contributed by atoms with Crippen molar-refractivity contribution in [2.45, 2.75) is 38.0 Å². The van der Waals surface area contributed by atoms with Crippen molar-refractivity contribution in [3.05, 3.63) is 29.6 Å². The number of piperazine rings is 1. The number of ether oxygens (including phenoxy) is 1. The van der Waals surface area contributed by atoms with Gasteiger partial charge in [0.15, 0.2) is 0 Å². The van der Waals surface area contributed by atoms with Crippen LogP contribution in [-0.4, -0.2) is 81.2 Å². The molecule has 0 spiro atoms. The molecule has 1 aromatic carbocycles. The number of hydrogen-bond acceptors (Lipinski definition) is 6. The van der Waals surface area contributed by atoms with Crippen molar-refractivity contribution in [3.8, 4) is 5.75 Å². The van der Waals surface area contributed by atoms with E-state index in [0.717, 1.165) is 6.26 Å². The van der Waals surface area contributed by atoms with Crippen LogP contribution in [0.2, 0.25) is 0 Å². The van der Waals surface area contributed by atoms with Gasteiger partial charge in [-0.2, -0.15) is 0 Å². The molecule has 0 aliphatic carbocycles. The van der Waals surface area contributed by atoms with E-state index in [-0.39, 0.29) is 43.5 Å². The highest BCUT2D eigenvalue weighted by atomic mass is 32.2. The van der Waals surface area contributed by atoms with Crippen molar-refractivity contribution < 1.29 is 27.1 Å². The normalized spacial score (nSPS) is 24.6. The summed E-state index contributed by atoms with van der Waals surface area (Å²) in [6.07, 6.45) is 1.57. The van der Waals surface area contributed by atoms with Crippen LogP contribution in [0, 0.1) is 5.82 Å². The molecule has 0 radical (unpaired) electrons. The number of carbonyl (C=O) groups is 2. The Kier molecular flexibility index (Phi) is 6.63. The molecule has 2 heterocycles. The van der Waals surface area contributed by atoms with Gasteiger partial charge in [-0.25, -0.2) is 17.5 Å². The predicted octanol–water partition coefficient (Wildman–Crippen LogP) is -0.327. The van der Waals surface area contributed by atoms with Gasteiger partial charge in [0.25, 0.3) is 0 Å². The van der Waals surface area contributed by atoms with Gasteiger partial charge in [0.1, 0.15) is 17.6 Å². The molecule has 0 bridgehead atoms. The summed E-state index contributed by atoms with van der Waals surface area (Å²) in [6, 6.07) is 3.34. The van der Waals surface area contributed by atoms with Crippen LogP contribution in [0.4, 0.5) is 4.39 Å². The third-order valence-corrected chi connectivity index (χ3v) is 6.19. The first-order valence-corrected chi connectivity index (χ1v) is 11.5. The molecule has 0 saturated carbocycles. The molecule has 0 unspecified atom stereocenters. The minimum Gasteiger partial charge on any atom is -0.497 e. The Bertz CT molecular complexity index is 925. The Labute approximate surface area is 175 Å². The molecule has 2 aliphatic heterocycles. The Morgan fingerprint density at radius 3 is 2.67 bits per heavy atom. The first kappa shape index (κ1) is 22.4. The highest BCUT2D eigenvalue weighted by Crippen LogP contribution is 2.28. The van der Waals surface area contributed by atoms with Gasteiger partial charge in [-0.1, -0.05) is 6.07 Å². The van der Waals surface area contributed by atoms with Crippen molar-refractivity contribution in [1.82, 2.24) is 19.8 Å². The zero-order valence-electron chi connectivity index (χ0n) is 17.2. The van der Waals surface area contributed by atoms with E-state index < -0.39 is 21.9 Å². The van der Waals surface area contributed by atoms with Crippen LogP contribution >= 0.6 is 0 Å². The maximum atomic E-state index is 14.5. The Balaban J connectivity index is 1.81. The molecule has 0 aromatic heterocycles. The number of halogens is 1. The van der Waals surface area contributed by atoms with Crippen LogP contribution in [0.3, 0.4) is 0 Å². The lowest BCUT2D eigenvalue weighted by Crippen LogP contribution is -2.62. The van der Waals surface area contributed by atoms with Crippen molar-refractivity contribution in [2.24, 2.45) is 0 Å². The minimum atomic E-state index is -3.40. The topological polar surface area (TPSA) is 108 Å². The second-order valence-electron chi connectivity index (χ2n) is 7.81. The lowest BCUT2D eigenvalue weighted by Gasteiger charge is -2.42. The summed E-state index contributed by atoms with van der Waals surface area (Å²) in [4.78, 5) is 28.1. The van der Waals surface area contributed by atoms with Crippen molar-refractivity contribution in [2.75, 3.05) is 33.0 Å². The number of methoxy groups -OCH3 is 1. The number of nitrogens with zero attached hydrogens (tertiary/aromatic N) is 2. The second-order valence-corrected chi connectivity index (χ2v) is 9.59. The number of carbonyl (C=O) groups excluding carboxylic acids is 2. The van der Waals surface area contributed by atoms with Crippen LogP contribution in [0.1, 0.15) is 18.9 Å². The second kappa shape index (κ2) is 8.86. The number of benzene rings is 1. The molecule has 2 aliphatic rings. The monoisotopic (exact) mass is 442 g/mol. The standard InChI is InChI=1S/C19H27FN4O5S/c1-12(25)21-8-18-19(26)24-10-14(22-30(3,27)28)6-15(24)11-23(18)9-13-4-5-16(29-2)7-17(13)20/h4-5,7,14-15,18,22H,6,8-11H2,1-3H3,(H,21,25)/t14-,15-,18-/m0/s1. The van der Waals surface area contributed by atoms with Gasteiger partial charge in [0.05, 0.1) is 13.4 Å². The first-order valence-electron chi connectivity index (χ1n) is 9.66. The summed E-state index contributed by atoms with van der Waals surface area (Å²) in [6.45, 7) is 2.37. The lowest BCUT2D eigenvalue weighted by atomic mass is 10.0. The third-order valence-electron chi connectivity index (χ3n) is 5.43. The molecule has 30 heavy (non-hydrogen) atoms. The van der Waals surface area contributed by atoms with Crippen LogP contribution in [0.15, 0.2) is 18.2 Å². The molecule has 1 aromatic rings. The highest BCUT2D eigenvalue weighted by molar-refractivity contribution is 7.88. The number of hydrogen-bond donors (Lipinski definition) is 2. The lowest BCUT2D eigenvalue weighted by molar-refractivity contribution is -0.144. The van der Waals surface area contributed by atoms with Gasteiger partial charge in [-0.15, -0.1) is 0 Å². The van der Waals surface area contributed by atoms with Crippen LogP contribution in [0.25, 0.3) is 0 Å². The molecule has 3 atom stereocenters. The molecule has 2 saturated heterocycles. The first-order chi connectivity index (χ1) is 14.1. The Morgan fingerprint density at radius 2 is 2.07 bits per heavy atom. The predicted molar refractivity (Wildman–Crippen MR) is 108 cm³/mol. The SMILES string of the molecule is COc1ccc(CN2C[C@@H]3C[C@H](NS(C)(=O)=O)CN3C(=O)[C@@H]2CNC(C)=O)c(F)c1. The summed E-state index contributed by atoms with van der Waals surface area (Å²) in [7, 11) is -1.94. The average Bonchev–Trinajstić information content (AvgIpc) is 3.03. The fraction of sp³-hybridized carbons (Fsp3) is 0.579. The smallest absolute Gasteiger partial charge is 0.242 e. The summed E-state index contributed by atoms with van der Waals surface area (Å²) >= 11 is 0. The summed E-state index contributed by atoms with van der Waals surface area (Å²) in [5, 5.41) is 2.67. The largest absolute Gasteiger partial charge is 0.497 e. The number of rotatable bonds is 7. The van der Waals surface area contributed by atoms with E-state index in [1.165, 1.54) is 20.1 Å². The van der Waals surface area contributed by atoms with Gasteiger partial charge in [0, 0.05) is 56.8 Å². The van der Waals surface area contributed by atoms with E-state index in [0.29, 0.717) is 24.3 Å². The van der Waals surface area contributed by atoms with Crippen LogP contribution in [-0.2, 0) is 26.2 Å². The van der Waals surface area contributed by atoms with E-state index in [1.807, 2.05) is 4.90 Å². The summed E-state index contributed by atoms with van der Waals surface area (Å²) in [5.74, 6) is -0.506. The van der Waals surface area contributed by atoms with Crippen LogP contribution in [0.5, 0.6) is 5.75 Å². The van der Waals surface area contributed by atoms with E-state index in [2.05, 4.69) is 10.0 Å². The highest BCUT2D eigenvalue weighted by Gasteiger charge is 2.45. The van der Waals surface area contributed by atoms with Gasteiger partial charge in [-0.05, 0) is 12.5 Å². The molecule has 9 nitrogen and oxygen atoms in total. The van der Waals surface area contributed by atoms with Crippen molar-refractivity contribution in [3.63, 3.8) is 0 Å². The summed E-state index contributed by atoms with van der Waals surface area (Å²) < 4.78 is 45.3. The molecule has 2 amide bonds. The molecule has 166 valence electrons. The zero-order valence-corrected chi connectivity index (χ0v) is 18.0. The van der Waals surface area contributed by atoms with Gasteiger partial charge in [0.2, 0.25) is 21.8 Å². The maximum absolute atomic E-state index is 14.5. The Hall–Kier alpha value is -2.24. The minimum absolute atomic E-state index is 0.0966. The molecule has 2 N–H and O–H groups in total. The average molecular weight is 443 g/mol. The van der Waals surface area contributed by atoms with Crippen molar-refractivity contribution in [1.29, 1.82) is 0 Å².